The maximum absolute atomic E-state index is 12.6. The Morgan fingerprint density at radius 2 is 1.84 bits per heavy atom. The lowest BCUT2D eigenvalue weighted by Crippen LogP contribution is -2.27. The Balaban J connectivity index is 2.75. The van der Waals surface area contributed by atoms with Gasteiger partial charge in [0.25, 0.3) is 0 Å². The molecule has 1 N–H and O–H groups in total. The van der Waals surface area contributed by atoms with E-state index in [-0.39, 0.29) is 6.61 Å². The molecule has 6 heteroatoms. The molecule has 104 valence electrons. The number of benzene rings is 1. The van der Waals surface area contributed by atoms with E-state index >= 15 is 0 Å². The number of allylic oxidation sites excluding steroid dienone is 1. The SMILES string of the molecule is CNC(=C(C)C(=O)OCc1ccccc1)C(F)(F)F. The molecule has 0 bridgehead atoms. The molecule has 0 aromatic heterocycles. The fraction of sp³-hybridized carbons (Fsp3) is 0.308. The van der Waals surface area contributed by atoms with E-state index in [2.05, 4.69) is 0 Å². The molecule has 1 aromatic carbocycles. The summed E-state index contributed by atoms with van der Waals surface area (Å²) in [6.07, 6.45) is -4.61. The first kappa shape index (κ1) is 15.1. The highest BCUT2D eigenvalue weighted by Gasteiger charge is 2.36. The highest BCUT2D eigenvalue weighted by atomic mass is 19.4. The molecule has 0 spiro atoms. The van der Waals surface area contributed by atoms with Gasteiger partial charge in [-0.3, -0.25) is 0 Å². The van der Waals surface area contributed by atoms with E-state index in [1.165, 1.54) is 0 Å². The van der Waals surface area contributed by atoms with E-state index in [4.69, 9.17) is 4.74 Å². The largest absolute Gasteiger partial charge is 0.457 e. The Morgan fingerprint density at radius 1 is 1.26 bits per heavy atom. The predicted octanol–water partition coefficient (Wildman–Crippen LogP) is 2.79. The van der Waals surface area contributed by atoms with E-state index in [1.807, 2.05) is 5.32 Å². The molecule has 3 nitrogen and oxygen atoms in total. The molecule has 19 heavy (non-hydrogen) atoms. The highest BCUT2D eigenvalue weighted by molar-refractivity contribution is 5.88. The summed E-state index contributed by atoms with van der Waals surface area (Å²) in [5, 5.41) is 1.97. The van der Waals surface area contributed by atoms with Crippen LogP contribution in [0.2, 0.25) is 0 Å². The highest BCUT2D eigenvalue weighted by Crippen LogP contribution is 2.26. The van der Waals surface area contributed by atoms with Crippen molar-refractivity contribution >= 4 is 5.97 Å². The molecule has 1 aromatic rings. The van der Waals surface area contributed by atoms with Gasteiger partial charge in [0, 0.05) is 7.05 Å². The summed E-state index contributed by atoms with van der Waals surface area (Å²) in [5.41, 5.74) is -0.877. The van der Waals surface area contributed by atoms with Gasteiger partial charge in [0.1, 0.15) is 12.3 Å². The van der Waals surface area contributed by atoms with Crippen LogP contribution >= 0.6 is 0 Å². The van der Waals surface area contributed by atoms with Crippen molar-refractivity contribution in [3.05, 3.63) is 47.2 Å². The number of rotatable bonds is 4. The second-order valence-corrected chi connectivity index (χ2v) is 3.81. The summed E-state index contributed by atoms with van der Waals surface area (Å²) in [4.78, 5) is 11.5. The minimum absolute atomic E-state index is 0.0636. The zero-order valence-electron chi connectivity index (χ0n) is 10.5. The molecule has 0 atom stereocenters. The second kappa shape index (κ2) is 6.26. The molecule has 1 rings (SSSR count). The van der Waals surface area contributed by atoms with E-state index < -0.39 is 23.4 Å². The summed E-state index contributed by atoms with van der Waals surface area (Å²) in [7, 11) is 1.11. The van der Waals surface area contributed by atoms with Crippen molar-refractivity contribution in [2.45, 2.75) is 19.7 Å². The van der Waals surface area contributed by atoms with Gasteiger partial charge in [0.2, 0.25) is 0 Å². The summed E-state index contributed by atoms with van der Waals surface area (Å²) in [5.74, 6) is -0.995. The first-order chi connectivity index (χ1) is 8.86. The van der Waals surface area contributed by atoms with Crippen molar-refractivity contribution in [3.63, 3.8) is 0 Å². The van der Waals surface area contributed by atoms with Crippen LogP contribution < -0.4 is 5.32 Å². The van der Waals surface area contributed by atoms with Crippen molar-refractivity contribution in [1.29, 1.82) is 0 Å². The minimum Gasteiger partial charge on any atom is -0.457 e. The summed E-state index contributed by atoms with van der Waals surface area (Å²) >= 11 is 0. The molecule has 0 amide bonds. The van der Waals surface area contributed by atoms with Crippen LogP contribution in [0, 0.1) is 0 Å². The number of ether oxygens (including phenoxy) is 1. The van der Waals surface area contributed by atoms with Gasteiger partial charge in [-0.1, -0.05) is 30.3 Å². The van der Waals surface area contributed by atoms with Gasteiger partial charge in [-0.05, 0) is 12.5 Å². The maximum Gasteiger partial charge on any atom is 0.431 e. The molecule has 0 radical (unpaired) electrons. The van der Waals surface area contributed by atoms with Crippen LogP contribution in [0.25, 0.3) is 0 Å². The second-order valence-electron chi connectivity index (χ2n) is 3.81. The van der Waals surface area contributed by atoms with Crippen LogP contribution in [0.15, 0.2) is 41.6 Å². The van der Waals surface area contributed by atoms with Crippen molar-refractivity contribution in [3.8, 4) is 0 Å². The van der Waals surface area contributed by atoms with Crippen molar-refractivity contribution in [1.82, 2.24) is 5.32 Å². The molecule has 0 aliphatic carbocycles. The number of hydrogen-bond acceptors (Lipinski definition) is 3. The van der Waals surface area contributed by atoms with Crippen LogP contribution in [-0.4, -0.2) is 19.2 Å². The molecular weight excluding hydrogens is 259 g/mol. The van der Waals surface area contributed by atoms with Gasteiger partial charge in [-0.2, -0.15) is 13.2 Å². The molecule has 0 saturated carbocycles. The van der Waals surface area contributed by atoms with Crippen LogP contribution in [0.3, 0.4) is 0 Å². The number of carbonyl (C=O) groups excluding carboxylic acids is 1. The molecule has 0 unspecified atom stereocenters. The minimum atomic E-state index is -4.61. The zero-order valence-corrected chi connectivity index (χ0v) is 10.5. The zero-order chi connectivity index (χ0) is 14.5. The molecule has 0 heterocycles. The number of hydrogen-bond donors (Lipinski definition) is 1. The standard InChI is InChI=1S/C13H14F3NO2/c1-9(11(17-2)13(14,15)16)12(18)19-8-10-6-4-3-5-7-10/h3-7,17H,8H2,1-2H3. The first-order valence-corrected chi connectivity index (χ1v) is 5.53. The van der Waals surface area contributed by atoms with Crippen LogP contribution in [0.1, 0.15) is 12.5 Å². The first-order valence-electron chi connectivity index (χ1n) is 5.53. The van der Waals surface area contributed by atoms with E-state index in [9.17, 15) is 18.0 Å². The molecular formula is C13H14F3NO2. The third kappa shape index (κ3) is 4.31. The van der Waals surface area contributed by atoms with Crippen molar-refractivity contribution in [2.75, 3.05) is 7.05 Å². The van der Waals surface area contributed by atoms with Gasteiger partial charge < -0.3 is 10.1 Å². The summed E-state index contributed by atoms with van der Waals surface area (Å²) in [6, 6.07) is 8.73. The Morgan fingerprint density at radius 3 is 2.32 bits per heavy atom. The van der Waals surface area contributed by atoms with Gasteiger partial charge in [0.05, 0.1) is 5.57 Å². The lowest BCUT2D eigenvalue weighted by atomic mass is 10.2. The third-order valence-electron chi connectivity index (χ3n) is 2.43. The maximum atomic E-state index is 12.6. The Kier molecular flexibility index (Phi) is 4.97. The molecule has 0 saturated heterocycles. The smallest absolute Gasteiger partial charge is 0.431 e. The van der Waals surface area contributed by atoms with Gasteiger partial charge >= 0.3 is 12.1 Å². The van der Waals surface area contributed by atoms with Gasteiger partial charge in [-0.15, -0.1) is 0 Å². The number of nitrogens with one attached hydrogen (secondary N) is 1. The van der Waals surface area contributed by atoms with Crippen molar-refractivity contribution in [2.24, 2.45) is 0 Å². The Hall–Kier alpha value is -1.98. The fourth-order valence-corrected chi connectivity index (χ4v) is 1.48. The van der Waals surface area contributed by atoms with E-state index in [0.717, 1.165) is 14.0 Å². The number of carbonyl (C=O) groups is 1. The van der Waals surface area contributed by atoms with Crippen LogP contribution in [0.5, 0.6) is 0 Å². The monoisotopic (exact) mass is 273 g/mol. The number of halogens is 3. The van der Waals surface area contributed by atoms with Crippen LogP contribution in [-0.2, 0) is 16.1 Å². The normalized spacial score (nSPS) is 12.7. The molecule has 0 aliphatic rings. The van der Waals surface area contributed by atoms with Gasteiger partial charge in [0.15, 0.2) is 0 Å². The number of esters is 1. The van der Waals surface area contributed by atoms with Gasteiger partial charge in [-0.25, -0.2) is 4.79 Å². The quantitative estimate of drug-likeness (QED) is 0.677. The fourth-order valence-electron chi connectivity index (χ4n) is 1.48. The number of alkyl halides is 3. The van der Waals surface area contributed by atoms with E-state index in [0.29, 0.717) is 5.56 Å². The third-order valence-corrected chi connectivity index (χ3v) is 2.43. The van der Waals surface area contributed by atoms with E-state index in [1.54, 1.807) is 30.3 Å². The Bertz CT molecular complexity index is 467. The summed E-state index contributed by atoms with van der Waals surface area (Å²) < 4.78 is 42.5. The lowest BCUT2D eigenvalue weighted by Gasteiger charge is -2.14. The average molecular weight is 273 g/mol. The Labute approximate surface area is 109 Å². The summed E-state index contributed by atoms with van der Waals surface area (Å²) in [6.45, 7) is 1.01. The molecule has 0 fully saturated rings. The topological polar surface area (TPSA) is 38.3 Å². The average Bonchev–Trinajstić information content (AvgIpc) is 2.36. The lowest BCUT2D eigenvalue weighted by molar-refractivity contribution is -0.141. The van der Waals surface area contributed by atoms with Crippen LogP contribution in [0.4, 0.5) is 13.2 Å². The predicted molar refractivity (Wildman–Crippen MR) is 64.1 cm³/mol. The molecule has 0 aliphatic heterocycles. The van der Waals surface area contributed by atoms with Crippen molar-refractivity contribution < 1.29 is 22.7 Å².